The van der Waals surface area contributed by atoms with Gasteiger partial charge in [-0.15, -0.1) is 6.58 Å². The first-order chi connectivity index (χ1) is 24.8. The number of amides is 3. The highest BCUT2D eigenvalue weighted by Crippen LogP contribution is 2.35. The zero-order valence-electron chi connectivity index (χ0n) is 31.0. The molecule has 4 N–H and O–H groups in total. The van der Waals surface area contributed by atoms with Gasteiger partial charge in [0.05, 0.1) is 6.26 Å². The Labute approximate surface area is 304 Å². The third kappa shape index (κ3) is 12.6. The van der Waals surface area contributed by atoms with Crippen molar-refractivity contribution < 1.29 is 23.5 Å². The fraction of sp³-hybridized carbons (Fsp3) is 0.452. The average Bonchev–Trinajstić information content (AvgIpc) is 3.74. The molecule has 9 heteroatoms. The minimum absolute atomic E-state index is 0.0165. The first kappa shape index (κ1) is 40.8. The van der Waals surface area contributed by atoms with Crippen molar-refractivity contribution in [2.75, 3.05) is 19.7 Å². The molecule has 0 aliphatic heterocycles. The SMILES string of the molecule is C=CC.CC.CC1=CC(COC(=O)NC(CCCCN)C(=O)NC2=CC=C(CN(C(=O)c3ccco3)C3CCCCC3)CC=C2)c2ccccc21. The lowest BCUT2D eigenvalue weighted by atomic mass is 9.93. The van der Waals surface area contributed by atoms with Gasteiger partial charge in [-0.1, -0.05) is 81.7 Å². The van der Waals surface area contributed by atoms with Crippen molar-refractivity contribution in [2.24, 2.45) is 5.73 Å². The molecule has 3 aliphatic carbocycles. The summed E-state index contributed by atoms with van der Waals surface area (Å²) in [6.45, 7) is 12.5. The molecule has 0 bridgehead atoms. The molecule has 1 heterocycles. The largest absolute Gasteiger partial charge is 0.459 e. The second-order valence-electron chi connectivity index (χ2n) is 12.8. The summed E-state index contributed by atoms with van der Waals surface area (Å²) in [6.07, 6.45) is 20.3. The van der Waals surface area contributed by atoms with Crippen LogP contribution in [-0.4, -0.2) is 54.6 Å². The van der Waals surface area contributed by atoms with Gasteiger partial charge >= 0.3 is 6.09 Å². The third-order valence-corrected chi connectivity index (χ3v) is 9.01. The normalized spacial score (nSPS) is 17.0. The second-order valence-corrected chi connectivity index (χ2v) is 12.8. The van der Waals surface area contributed by atoms with Gasteiger partial charge in [0, 0.05) is 24.2 Å². The van der Waals surface area contributed by atoms with Crippen LogP contribution in [0.15, 0.2) is 101 Å². The number of carbonyl (C=O) groups is 3. The number of hydrogen-bond donors (Lipinski definition) is 3. The lowest BCUT2D eigenvalue weighted by Crippen LogP contribution is -2.46. The second kappa shape index (κ2) is 22.2. The number of nitrogens with one attached hydrogen (secondary N) is 2. The molecular formula is C42H58N4O5. The van der Waals surface area contributed by atoms with Crippen LogP contribution >= 0.6 is 0 Å². The van der Waals surface area contributed by atoms with Crippen LogP contribution in [0.25, 0.3) is 5.57 Å². The van der Waals surface area contributed by atoms with Crippen LogP contribution in [0.1, 0.15) is 113 Å². The molecule has 1 fully saturated rings. The number of unbranched alkanes of at least 4 members (excludes halogenated alkanes) is 1. The number of ether oxygens (including phenoxy) is 1. The van der Waals surface area contributed by atoms with Gasteiger partial charge in [0.15, 0.2) is 5.76 Å². The minimum Gasteiger partial charge on any atom is -0.459 e. The fourth-order valence-corrected chi connectivity index (χ4v) is 6.53. The Hall–Kier alpha value is -4.63. The fourth-order valence-electron chi connectivity index (χ4n) is 6.53. The van der Waals surface area contributed by atoms with Crippen molar-refractivity contribution in [1.29, 1.82) is 0 Å². The van der Waals surface area contributed by atoms with Gasteiger partial charge in [-0.2, -0.15) is 0 Å². The molecule has 276 valence electrons. The number of carbonyl (C=O) groups excluding carboxylic acids is 3. The van der Waals surface area contributed by atoms with Crippen LogP contribution < -0.4 is 16.4 Å². The highest BCUT2D eigenvalue weighted by atomic mass is 16.5. The summed E-state index contributed by atoms with van der Waals surface area (Å²) >= 11 is 0. The minimum atomic E-state index is -0.777. The van der Waals surface area contributed by atoms with Crippen LogP contribution in [0.4, 0.5) is 4.79 Å². The number of hydrogen-bond acceptors (Lipinski definition) is 6. The van der Waals surface area contributed by atoms with Crippen molar-refractivity contribution >= 4 is 23.5 Å². The predicted molar refractivity (Wildman–Crippen MR) is 206 cm³/mol. The van der Waals surface area contributed by atoms with Gasteiger partial charge in [-0.3, -0.25) is 9.59 Å². The number of rotatable bonds is 13. The van der Waals surface area contributed by atoms with Crippen molar-refractivity contribution in [1.82, 2.24) is 15.5 Å². The van der Waals surface area contributed by atoms with E-state index in [4.69, 9.17) is 14.9 Å². The summed E-state index contributed by atoms with van der Waals surface area (Å²) in [6, 6.07) is 11.0. The summed E-state index contributed by atoms with van der Waals surface area (Å²) in [5, 5.41) is 5.76. The van der Waals surface area contributed by atoms with E-state index in [0.29, 0.717) is 43.8 Å². The number of nitrogens with two attached hydrogens (primary N) is 1. The first-order valence-corrected chi connectivity index (χ1v) is 18.5. The Bertz CT molecular complexity index is 1530. The van der Waals surface area contributed by atoms with E-state index in [-0.39, 0.29) is 30.4 Å². The zero-order chi connectivity index (χ0) is 37.0. The predicted octanol–water partition coefficient (Wildman–Crippen LogP) is 8.58. The smallest absolute Gasteiger partial charge is 0.407 e. The molecule has 2 unspecified atom stereocenters. The molecular weight excluding hydrogens is 640 g/mol. The van der Waals surface area contributed by atoms with Gasteiger partial charge < -0.3 is 30.4 Å². The van der Waals surface area contributed by atoms with E-state index in [2.05, 4.69) is 42.3 Å². The van der Waals surface area contributed by atoms with Crippen LogP contribution in [0.2, 0.25) is 0 Å². The van der Waals surface area contributed by atoms with E-state index in [9.17, 15) is 14.4 Å². The Kier molecular flexibility index (Phi) is 17.8. The summed E-state index contributed by atoms with van der Waals surface area (Å²) in [4.78, 5) is 41.6. The standard InChI is InChI=1S/C37H46N4O5.C3H6.C2H6/c1-26-23-28(32-16-6-5-15-31(26)32)25-46-37(44)40-33(17-7-8-21-38)35(42)39-29-12-9-11-27(19-20-29)24-41(30-13-3-2-4-14-30)36(43)34-18-10-22-45-34;1-3-2;1-2/h5-6,9-10,12,15-16,18-20,22-23,28,30,33H,2-4,7-8,11,13-14,17,21,24-25,38H2,1H3,(H,39,42)(H,40,44);3H,1H2,2H3;1-2H3. The maximum absolute atomic E-state index is 13.4. The maximum Gasteiger partial charge on any atom is 0.407 e. The van der Waals surface area contributed by atoms with Gasteiger partial charge in [0.25, 0.3) is 5.91 Å². The van der Waals surface area contributed by atoms with Crippen molar-refractivity contribution in [3.63, 3.8) is 0 Å². The number of fused-ring (bicyclic) bond motifs is 1. The molecule has 3 amide bonds. The Morgan fingerprint density at radius 3 is 2.53 bits per heavy atom. The molecule has 2 atom stereocenters. The van der Waals surface area contributed by atoms with E-state index >= 15 is 0 Å². The number of nitrogens with zero attached hydrogens (tertiary/aromatic N) is 1. The summed E-state index contributed by atoms with van der Waals surface area (Å²) < 4.78 is 11.1. The summed E-state index contributed by atoms with van der Waals surface area (Å²) in [7, 11) is 0. The molecule has 5 rings (SSSR count). The Morgan fingerprint density at radius 1 is 1.08 bits per heavy atom. The van der Waals surface area contributed by atoms with Gasteiger partial charge in [0.1, 0.15) is 12.6 Å². The molecule has 51 heavy (non-hydrogen) atoms. The molecule has 3 aliphatic rings. The Balaban J connectivity index is 0.00000133. The van der Waals surface area contributed by atoms with Crippen LogP contribution in [0.5, 0.6) is 0 Å². The van der Waals surface area contributed by atoms with E-state index in [1.54, 1.807) is 18.2 Å². The lowest BCUT2D eigenvalue weighted by Gasteiger charge is -2.34. The van der Waals surface area contributed by atoms with E-state index in [1.807, 2.05) is 62.1 Å². The van der Waals surface area contributed by atoms with Crippen molar-refractivity contribution in [3.05, 3.63) is 114 Å². The number of benzene rings is 1. The van der Waals surface area contributed by atoms with Crippen LogP contribution in [0, 0.1) is 0 Å². The van der Waals surface area contributed by atoms with Crippen LogP contribution in [-0.2, 0) is 9.53 Å². The van der Waals surface area contributed by atoms with E-state index in [0.717, 1.165) is 48.8 Å². The van der Waals surface area contributed by atoms with Gasteiger partial charge in [-0.25, -0.2) is 4.79 Å². The third-order valence-electron chi connectivity index (χ3n) is 9.01. The van der Waals surface area contributed by atoms with Crippen molar-refractivity contribution in [3.8, 4) is 0 Å². The molecule has 9 nitrogen and oxygen atoms in total. The highest BCUT2D eigenvalue weighted by Gasteiger charge is 2.29. The van der Waals surface area contributed by atoms with Gasteiger partial charge in [0.2, 0.25) is 5.91 Å². The zero-order valence-corrected chi connectivity index (χ0v) is 31.0. The molecule has 0 spiro atoms. The lowest BCUT2D eigenvalue weighted by molar-refractivity contribution is -0.122. The quantitative estimate of drug-likeness (QED) is 0.142. The molecule has 0 radical (unpaired) electrons. The monoisotopic (exact) mass is 698 g/mol. The van der Waals surface area contributed by atoms with E-state index in [1.165, 1.54) is 18.2 Å². The van der Waals surface area contributed by atoms with Gasteiger partial charge in [-0.05, 0) is 105 Å². The van der Waals surface area contributed by atoms with Crippen LogP contribution in [0.3, 0.4) is 0 Å². The maximum atomic E-state index is 13.4. The summed E-state index contributed by atoms with van der Waals surface area (Å²) in [5.74, 6) is -0.0760. The molecule has 1 aromatic carbocycles. The number of furan rings is 1. The highest BCUT2D eigenvalue weighted by molar-refractivity contribution is 5.92. The molecule has 1 saturated carbocycles. The first-order valence-electron chi connectivity index (χ1n) is 18.5. The summed E-state index contributed by atoms with van der Waals surface area (Å²) in [5.41, 5.74) is 10.8. The number of alkyl carbamates (subject to hydrolysis) is 1. The van der Waals surface area contributed by atoms with Crippen molar-refractivity contribution in [2.45, 2.75) is 103 Å². The molecule has 1 aromatic heterocycles. The number of allylic oxidation sites excluding steroid dienone is 6. The Morgan fingerprint density at radius 2 is 1.82 bits per heavy atom. The molecule has 2 aromatic rings. The molecule has 0 saturated heterocycles. The van der Waals surface area contributed by atoms with E-state index < -0.39 is 12.1 Å². The topological polar surface area (TPSA) is 127 Å². The average molecular weight is 699 g/mol.